The largest absolute Gasteiger partial charge is 0.338 e. The Hall–Kier alpha value is -0.210. The number of rotatable bonds is 5. The summed E-state index contributed by atoms with van der Waals surface area (Å²) in [5.41, 5.74) is 2.87. The van der Waals surface area contributed by atoms with E-state index in [9.17, 15) is 0 Å². The highest BCUT2D eigenvalue weighted by Crippen LogP contribution is 2.36. The van der Waals surface area contributed by atoms with Gasteiger partial charge in [-0.25, -0.2) is 4.98 Å². The first kappa shape index (κ1) is 14.2. The van der Waals surface area contributed by atoms with Crippen LogP contribution in [0.4, 0.5) is 0 Å². The maximum Gasteiger partial charge on any atom is 0.108 e. The number of hydrazine groups is 1. The molecule has 0 saturated carbocycles. The number of aryl methyl sites for hydroxylation is 2. The molecule has 0 saturated heterocycles. The molecule has 3 N–H and O–H groups in total. The Morgan fingerprint density at radius 3 is 2.83 bits per heavy atom. The summed E-state index contributed by atoms with van der Waals surface area (Å²) in [7, 11) is 2.01. The first-order chi connectivity index (χ1) is 8.61. The second-order valence-corrected chi connectivity index (χ2v) is 7.24. The molecule has 2 aromatic rings. The highest BCUT2D eigenvalue weighted by atomic mass is 79.9. The first-order valence-electron chi connectivity index (χ1n) is 5.49. The van der Waals surface area contributed by atoms with E-state index >= 15 is 0 Å². The summed E-state index contributed by atoms with van der Waals surface area (Å²) >= 11 is 8.68. The molecule has 0 aromatic carbocycles. The van der Waals surface area contributed by atoms with E-state index in [0.717, 1.165) is 26.9 Å². The maximum absolute atomic E-state index is 5.64. The molecule has 2 heterocycles. The number of nitrogens with two attached hydrogens (primary N) is 1. The van der Waals surface area contributed by atoms with Gasteiger partial charge >= 0.3 is 0 Å². The lowest BCUT2D eigenvalue weighted by molar-refractivity contribution is 0.513. The van der Waals surface area contributed by atoms with Gasteiger partial charge in [0.05, 0.1) is 9.83 Å². The van der Waals surface area contributed by atoms with Crippen LogP contribution in [0.1, 0.15) is 23.2 Å². The third-order valence-corrected chi connectivity index (χ3v) is 6.16. The predicted octanol–water partition coefficient (Wildman–Crippen LogP) is 3.14. The minimum Gasteiger partial charge on any atom is -0.338 e. The van der Waals surface area contributed by atoms with Gasteiger partial charge in [0.2, 0.25) is 0 Å². The van der Waals surface area contributed by atoms with Crippen LogP contribution in [0.25, 0.3) is 0 Å². The average molecular weight is 394 g/mol. The molecule has 0 radical (unpaired) electrons. The number of nitrogens with zero attached hydrogens (tertiary/aromatic N) is 2. The molecule has 0 amide bonds. The van der Waals surface area contributed by atoms with Crippen molar-refractivity contribution in [1.82, 2.24) is 15.0 Å². The summed E-state index contributed by atoms with van der Waals surface area (Å²) in [5, 5.41) is 0. The van der Waals surface area contributed by atoms with E-state index in [-0.39, 0.29) is 6.04 Å². The molecule has 98 valence electrons. The summed E-state index contributed by atoms with van der Waals surface area (Å²) in [6.45, 7) is 0. The number of nitrogens with one attached hydrogen (secondary N) is 1. The average Bonchev–Trinajstić information content (AvgIpc) is 2.88. The molecule has 4 nitrogen and oxygen atoms in total. The van der Waals surface area contributed by atoms with Crippen molar-refractivity contribution in [2.24, 2.45) is 12.9 Å². The van der Waals surface area contributed by atoms with E-state index in [1.165, 1.54) is 4.88 Å². The smallest absolute Gasteiger partial charge is 0.108 e. The molecule has 0 aliphatic rings. The van der Waals surface area contributed by atoms with Crippen LogP contribution in [0.3, 0.4) is 0 Å². The van der Waals surface area contributed by atoms with Crippen LogP contribution in [-0.4, -0.2) is 9.55 Å². The minimum atomic E-state index is 0.147. The predicted molar refractivity (Wildman–Crippen MR) is 81.3 cm³/mol. The van der Waals surface area contributed by atoms with Gasteiger partial charge in [0.1, 0.15) is 5.82 Å². The fourth-order valence-corrected chi connectivity index (χ4v) is 3.94. The molecule has 1 unspecified atom stereocenters. The zero-order chi connectivity index (χ0) is 13.1. The third kappa shape index (κ3) is 3.21. The molecule has 1 atom stereocenters. The molecule has 0 aliphatic carbocycles. The molecule has 0 spiro atoms. The van der Waals surface area contributed by atoms with Crippen molar-refractivity contribution < 1.29 is 0 Å². The van der Waals surface area contributed by atoms with E-state index in [1.807, 2.05) is 24.0 Å². The van der Waals surface area contributed by atoms with E-state index in [2.05, 4.69) is 48.3 Å². The summed E-state index contributed by atoms with van der Waals surface area (Å²) in [6, 6.07) is 2.24. The minimum absolute atomic E-state index is 0.147. The lowest BCUT2D eigenvalue weighted by Gasteiger charge is -2.13. The Balaban J connectivity index is 2.04. The molecular weight excluding hydrogens is 380 g/mol. The fraction of sp³-hybridized carbons (Fsp3) is 0.364. The lowest BCUT2D eigenvalue weighted by atomic mass is 10.1. The van der Waals surface area contributed by atoms with Crippen LogP contribution < -0.4 is 11.3 Å². The van der Waals surface area contributed by atoms with Crippen molar-refractivity contribution in [3.63, 3.8) is 0 Å². The van der Waals surface area contributed by atoms with Crippen LogP contribution in [0.2, 0.25) is 0 Å². The van der Waals surface area contributed by atoms with Gasteiger partial charge in [-0.15, -0.1) is 11.3 Å². The van der Waals surface area contributed by atoms with Gasteiger partial charge in [-0.1, -0.05) is 0 Å². The third-order valence-electron chi connectivity index (χ3n) is 2.79. The molecule has 2 aromatic heterocycles. The first-order valence-corrected chi connectivity index (χ1v) is 7.89. The van der Waals surface area contributed by atoms with Crippen molar-refractivity contribution >= 4 is 43.2 Å². The fourth-order valence-electron chi connectivity index (χ4n) is 1.75. The zero-order valence-electron chi connectivity index (χ0n) is 9.86. The summed E-state index contributed by atoms with van der Waals surface area (Å²) in [5.74, 6) is 6.71. The van der Waals surface area contributed by atoms with Gasteiger partial charge in [0, 0.05) is 35.2 Å². The normalized spacial score (nSPS) is 12.9. The monoisotopic (exact) mass is 392 g/mol. The van der Waals surface area contributed by atoms with Crippen molar-refractivity contribution in [3.8, 4) is 0 Å². The number of imidazole rings is 1. The van der Waals surface area contributed by atoms with Crippen LogP contribution in [0.15, 0.2) is 26.7 Å². The molecule has 0 fully saturated rings. The van der Waals surface area contributed by atoms with Crippen LogP contribution >= 0.6 is 43.2 Å². The van der Waals surface area contributed by atoms with E-state index in [1.54, 1.807) is 11.3 Å². The van der Waals surface area contributed by atoms with Gasteiger partial charge in [0.25, 0.3) is 0 Å². The van der Waals surface area contributed by atoms with Crippen LogP contribution in [0.5, 0.6) is 0 Å². The van der Waals surface area contributed by atoms with E-state index in [0.29, 0.717) is 0 Å². The number of hydrogen-bond donors (Lipinski definition) is 2. The van der Waals surface area contributed by atoms with Crippen molar-refractivity contribution in [3.05, 3.63) is 37.4 Å². The van der Waals surface area contributed by atoms with Crippen molar-refractivity contribution in [1.29, 1.82) is 0 Å². The zero-order valence-corrected chi connectivity index (χ0v) is 13.8. The molecule has 7 heteroatoms. The number of halogens is 2. The van der Waals surface area contributed by atoms with Gasteiger partial charge in [-0.05, 0) is 44.3 Å². The van der Waals surface area contributed by atoms with Crippen LogP contribution in [-0.2, 0) is 13.5 Å². The molecule has 0 bridgehead atoms. The SMILES string of the molecule is Cn1ccnc1CCC(NN)c1cc(Br)c(Br)s1. The molecule has 2 rings (SSSR count). The molecule has 18 heavy (non-hydrogen) atoms. The Labute approximate surface area is 127 Å². The lowest BCUT2D eigenvalue weighted by Crippen LogP contribution is -2.28. The number of aromatic nitrogens is 2. The van der Waals surface area contributed by atoms with Crippen LogP contribution in [0, 0.1) is 0 Å². The quantitative estimate of drug-likeness (QED) is 0.606. The molecular formula is C11H14Br2N4S. The highest BCUT2D eigenvalue weighted by molar-refractivity contribution is 9.13. The number of thiophene rings is 1. The Bertz CT molecular complexity index is 503. The second-order valence-electron chi connectivity index (χ2n) is 3.98. The summed E-state index contributed by atoms with van der Waals surface area (Å²) in [4.78, 5) is 5.53. The van der Waals surface area contributed by atoms with E-state index in [4.69, 9.17) is 5.84 Å². The van der Waals surface area contributed by atoms with Gasteiger partial charge < -0.3 is 4.57 Å². The second kappa shape index (κ2) is 6.29. The van der Waals surface area contributed by atoms with Crippen molar-refractivity contribution in [2.45, 2.75) is 18.9 Å². The summed E-state index contributed by atoms with van der Waals surface area (Å²) in [6.07, 6.45) is 5.59. The Morgan fingerprint density at radius 2 is 2.33 bits per heavy atom. The van der Waals surface area contributed by atoms with Gasteiger partial charge in [-0.2, -0.15) is 0 Å². The maximum atomic E-state index is 5.64. The standard InChI is InChI=1S/C11H14Br2N4S/c1-17-5-4-15-10(17)3-2-8(16-14)9-6-7(12)11(13)18-9/h4-6,8,16H,2-3,14H2,1H3. The van der Waals surface area contributed by atoms with Crippen molar-refractivity contribution in [2.75, 3.05) is 0 Å². The summed E-state index contributed by atoms with van der Waals surface area (Å²) < 4.78 is 4.20. The Kier molecular flexibility index (Phi) is 4.97. The Morgan fingerprint density at radius 1 is 1.56 bits per heavy atom. The molecule has 0 aliphatic heterocycles. The van der Waals surface area contributed by atoms with Gasteiger partial charge in [0.15, 0.2) is 0 Å². The topological polar surface area (TPSA) is 55.9 Å². The van der Waals surface area contributed by atoms with Gasteiger partial charge in [-0.3, -0.25) is 11.3 Å². The van der Waals surface area contributed by atoms with E-state index < -0.39 is 0 Å². The highest BCUT2D eigenvalue weighted by Gasteiger charge is 2.15. The number of hydrogen-bond acceptors (Lipinski definition) is 4.